The molecule has 0 fully saturated rings. The summed E-state index contributed by atoms with van der Waals surface area (Å²) in [5.74, 6) is -0.286. The van der Waals surface area contributed by atoms with Crippen LogP contribution in [0.1, 0.15) is 32.7 Å². The van der Waals surface area contributed by atoms with Gasteiger partial charge in [-0.25, -0.2) is 0 Å². The van der Waals surface area contributed by atoms with Crippen molar-refractivity contribution in [3.05, 3.63) is 62.6 Å². The summed E-state index contributed by atoms with van der Waals surface area (Å²) in [5.41, 5.74) is 4.17. The van der Waals surface area contributed by atoms with E-state index in [0.717, 1.165) is 22.4 Å². The molecule has 2 N–H and O–H groups in total. The Morgan fingerprint density at radius 1 is 1.29 bits per heavy atom. The highest BCUT2D eigenvalue weighted by molar-refractivity contribution is 6.05. The summed E-state index contributed by atoms with van der Waals surface area (Å²) < 4.78 is 5.37. The largest absolute Gasteiger partial charge is 0.372 e. The Labute approximate surface area is 122 Å². The Hall–Kier alpha value is -2.40. The number of anilines is 1. The highest BCUT2D eigenvalue weighted by atomic mass is 16.5. The number of rotatable bonds is 2. The molecule has 1 aromatic heterocycles. The van der Waals surface area contributed by atoms with Gasteiger partial charge in [-0.2, -0.15) is 0 Å². The standard InChI is InChI=1S/C16H16N2O3/c1-9-6-14(16(20)17-10(9)2)18-15(19)12-5-3-4-11-7-21-8-13(11)12/h3-6H,7-8H2,1-2H3,(H,17,20)(H,18,19). The van der Waals surface area contributed by atoms with Gasteiger partial charge in [0.05, 0.1) is 13.2 Å². The van der Waals surface area contributed by atoms with Crippen molar-refractivity contribution in [3.63, 3.8) is 0 Å². The summed E-state index contributed by atoms with van der Waals surface area (Å²) in [7, 11) is 0. The predicted octanol–water partition coefficient (Wildman–Crippen LogP) is 2.27. The van der Waals surface area contributed by atoms with Crippen LogP contribution in [0.25, 0.3) is 0 Å². The van der Waals surface area contributed by atoms with Crippen molar-refractivity contribution >= 4 is 11.6 Å². The van der Waals surface area contributed by atoms with Crippen LogP contribution in [0.4, 0.5) is 5.69 Å². The normalized spacial score (nSPS) is 13.0. The van der Waals surface area contributed by atoms with Crippen molar-refractivity contribution in [1.82, 2.24) is 4.98 Å². The molecule has 0 saturated carbocycles. The molecule has 1 aromatic carbocycles. The second-order valence-electron chi connectivity index (χ2n) is 5.21. The monoisotopic (exact) mass is 284 g/mol. The lowest BCUT2D eigenvalue weighted by atomic mass is 10.0. The quantitative estimate of drug-likeness (QED) is 0.888. The number of hydrogen-bond acceptors (Lipinski definition) is 3. The van der Waals surface area contributed by atoms with Gasteiger partial charge in [0.2, 0.25) is 0 Å². The van der Waals surface area contributed by atoms with E-state index in [-0.39, 0.29) is 17.2 Å². The minimum atomic E-state index is -0.296. The van der Waals surface area contributed by atoms with Gasteiger partial charge in [-0.1, -0.05) is 12.1 Å². The zero-order valence-corrected chi connectivity index (χ0v) is 11.9. The van der Waals surface area contributed by atoms with Gasteiger partial charge in [0.25, 0.3) is 11.5 Å². The minimum absolute atomic E-state index is 0.264. The molecule has 0 atom stereocenters. The molecule has 1 aliphatic rings. The predicted molar refractivity (Wildman–Crippen MR) is 79.4 cm³/mol. The molecule has 1 aliphatic heterocycles. The number of benzene rings is 1. The number of nitrogens with one attached hydrogen (secondary N) is 2. The van der Waals surface area contributed by atoms with Crippen LogP contribution in [0.5, 0.6) is 0 Å². The van der Waals surface area contributed by atoms with Crippen molar-refractivity contribution in [2.45, 2.75) is 27.1 Å². The first-order valence-corrected chi connectivity index (χ1v) is 6.76. The van der Waals surface area contributed by atoms with E-state index in [9.17, 15) is 9.59 Å². The molecule has 0 saturated heterocycles. The number of aromatic nitrogens is 1. The van der Waals surface area contributed by atoms with Gasteiger partial charge in [-0.3, -0.25) is 9.59 Å². The van der Waals surface area contributed by atoms with E-state index in [0.29, 0.717) is 18.8 Å². The third-order valence-corrected chi connectivity index (χ3v) is 3.77. The number of fused-ring (bicyclic) bond motifs is 1. The third-order valence-electron chi connectivity index (χ3n) is 3.77. The van der Waals surface area contributed by atoms with E-state index in [4.69, 9.17) is 4.74 Å². The van der Waals surface area contributed by atoms with Crippen LogP contribution in [0.2, 0.25) is 0 Å². The van der Waals surface area contributed by atoms with Gasteiger partial charge in [-0.15, -0.1) is 0 Å². The molecule has 0 radical (unpaired) electrons. The molecule has 108 valence electrons. The Kier molecular flexibility index (Phi) is 3.35. The van der Waals surface area contributed by atoms with Crippen molar-refractivity contribution < 1.29 is 9.53 Å². The summed E-state index contributed by atoms with van der Waals surface area (Å²) in [6.07, 6.45) is 0. The molecule has 3 rings (SSSR count). The average molecular weight is 284 g/mol. The van der Waals surface area contributed by atoms with Crippen LogP contribution in [0, 0.1) is 13.8 Å². The smallest absolute Gasteiger partial charge is 0.271 e. The zero-order valence-electron chi connectivity index (χ0n) is 11.9. The Bertz CT molecular complexity index is 778. The molecular formula is C16H16N2O3. The molecule has 2 heterocycles. The number of H-pyrrole nitrogens is 1. The second-order valence-corrected chi connectivity index (χ2v) is 5.21. The molecule has 21 heavy (non-hydrogen) atoms. The lowest BCUT2D eigenvalue weighted by Gasteiger charge is -2.09. The van der Waals surface area contributed by atoms with Gasteiger partial charge in [-0.05, 0) is 42.7 Å². The maximum atomic E-state index is 12.4. The highest BCUT2D eigenvalue weighted by Crippen LogP contribution is 2.24. The molecular weight excluding hydrogens is 268 g/mol. The Morgan fingerprint density at radius 2 is 2.10 bits per heavy atom. The number of hydrogen-bond donors (Lipinski definition) is 2. The average Bonchev–Trinajstić information content (AvgIpc) is 2.92. The van der Waals surface area contributed by atoms with Crippen LogP contribution >= 0.6 is 0 Å². The molecule has 1 amide bonds. The van der Waals surface area contributed by atoms with Crippen LogP contribution in [0.3, 0.4) is 0 Å². The fourth-order valence-corrected chi connectivity index (χ4v) is 2.43. The van der Waals surface area contributed by atoms with Gasteiger partial charge >= 0.3 is 0 Å². The fourth-order valence-electron chi connectivity index (χ4n) is 2.43. The van der Waals surface area contributed by atoms with Gasteiger partial charge in [0.15, 0.2) is 0 Å². The van der Waals surface area contributed by atoms with Crippen molar-refractivity contribution in [3.8, 4) is 0 Å². The van der Waals surface area contributed by atoms with Crippen LogP contribution in [-0.4, -0.2) is 10.9 Å². The van der Waals surface area contributed by atoms with Crippen LogP contribution < -0.4 is 10.9 Å². The number of ether oxygens (including phenoxy) is 1. The van der Waals surface area contributed by atoms with Gasteiger partial charge in [0, 0.05) is 11.3 Å². The number of aromatic amines is 1. The number of aryl methyl sites for hydroxylation is 2. The molecule has 2 aromatic rings. The zero-order chi connectivity index (χ0) is 15.0. The van der Waals surface area contributed by atoms with Crippen molar-refractivity contribution in [1.29, 1.82) is 0 Å². The summed E-state index contributed by atoms with van der Waals surface area (Å²) in [4.78, 5) is 27.0. The maximum Gasteiger partial charge on any atom is 0.271 e. The first kappa shape index (κ1) is 13.6. The summed E-state index contributed by atoms with van der Waals surface area (Å²) >= 11 is 0. The van der Waals surface area contributed by atoms with E-state index in [1.54, 1.807) is 12.1 Å². The van der Waals surface area contributed by atoms with Crippen LogP contribution in [0.15, 0.2) is 29.1 Å². The molecule has 0 unspecified atom stereocenters. The summed E-state index contributed by atoms with van der Waals surface area (Å²) in [6, 6.07) is 7.21. The Morgan fingerprint density at radius 3 is 2.90 bits per heavy atom. The SMILES string of the molecule is Cc1cc(NC(=O)c2cccc3c2COC3)c(=O)[nH]c1C. The number of carbonyl (C=O) groups excluding carboxylic acids is 1. The van der Waals surface area contributed by atoms with E-state index in [2.05, 4.69) is 10.3 Å². The minimum Gasteiger partial charge on any atom is -0.372 e. The number of amides is 1. The van der Waals surface area contributed by atoms with E-state index < -0.39 is 0 Å². The maximum absolute atomic E-state index is 12.4. The second kappa shape index (κ2) is 5.18. The lowest BCUT2D eigenvalue weighted by Crippen LogP contribution is -2.21. The number of pyridine rings is 1. The first-order chi connectivity index (χ1) is 10.1. The molecule has 0 spiro atoms. The summed E-state index contributed by atoms with van der Waals surface area (Å²) in [6.45, 7) is 4.67. The van der Waals surface area contributed by atoms with E-state index >= 15 is 0 Å². The molecule has 0 bridgehead atoms. The van der Waals surface area contributed by atoms with Gasteiger partial charge < -0.3 is 15.0 Å². The fraction of sp³-hybridized carbons (Fsp3) is 0.250. The van der Waals surface area contributed by atoms with E-state index in [1.807, 2.05) is 26.0 Å². The van der Waals surface area contributed by atoms with Crippen molar-refractivity contribution in [2.75, 3.05) is 5.32 Å². The first-order valence-electron chi connectivity index (χ1n) is 6.76. The third kappa shape index (κ3) is 2.48. The van der Waals surface area contributed by atoms with Gasteiger partial charge in [0.1, 0.15) is 5.69 Å². The van der Waals surface area contributed by atoms with Crippen LogP contribution in [-0.2, 0) is 18.0 Å². The topological polar surface area (TPSA) is 71.2 Å². The number of carbonyl (C=O) groups is 1. The summed E-state index contributed by atoms with van der Waals surface area (Å²) in [5, 5.41) is 2.69. The van der Waals surface area contributed by atoms with Crippen molar-refractivity contribution in [2.24, 2.45) is 0 Å². The Balaban J connectivity index is 1.93. The molecule has 5 heteroatoms. The van der Waals surface area contributed by atoms with E-state index in [1.165, 1.54) is 0 Å². The lowest BCUT2D eigenvalue weighted by molar-refractivity contribution is 0.102. The molecule has 0 aliphatic carbocycles. The highest BCUT2D eigenvalue weighted by Gasteiger charge is 2.20. The molecule has 5 nitrogen and oxygen atoms in total.